The first-order chi connectivity index (χ1) is 11.9. The summed E-state index contributed by atoms with van der Waals surface area (Å²) in [5.41, 5.74) is 8.54. The molecule has 7 nitrogen and oxygen atoms in total. The fourth-order valence-electron chi connectivity index (χ4n) is 2.50. The van der Waals surface area contributed by atoms with E-state index >= 15 is 0 Å². The van der Waals surface area contributed by atoms with Crippen molar-refractivity contribution in [3.05, 3.63) is 64.5 Å². The van der Waals surface area contributed by atoms with E-state index in [2.05, 4.69) is 16.4 Å². The Hall–Kier alpha value is -3.66. The maximum Gasteiger partial charge on any atom is 0.337 e. The van der Waals surface area contributed by atoms with E-state index in [-0.39, 0.29) is 17.0 Å². The second kappa shape index (κ2) is 7.27. The van der Waals surface area contributed by atoms with E-state index in [1.54, 1.807) is 26.0 Å². The number of carboxylic acid groups (broad SMARTS) is 1. The van der Waals surface area contributed by atoms with Crippen molar-refractivity contribution in [3.63, 3.8) is 0 Å². The number of carboxylic acids is 1. The van der Waals surface area contributed by atoms with Gasteiger partial charge in [-0.25, -0.2) is 9.78 Å². The highest BCUT2D eigenvalue weighted by molar-refractivity contribution is 6.25. The smallest absolute Gasteiger partial charge is 0.337 e. The normalized spacial score (nSPS) is 10.8. The number of carbonyl (C=O) groups is 2. The summed E-state index contributed by atoms with van der Waals surface area (Å²) >= 11 is 0. The molecule has 2 aromatic rings. The molecule has 1 heterocycles. The van der Waals surface area contributed by atoms with Crippen molar-refractivity contribution >= 4 is 23.3 Å². The molecule has 1 amide bonds. The molecular formula is C18H16N4O3. The Labute approximate surface area is 144 Å². The Balaban J connectivity index is 2.31. The lowest BCUT2D eigenvalue weighted by atomic mass is 9.93. The van der Waals surface area contributed by atoms with Crippen LogP contribution < -0.4 is 11.1 Å². The summed E-state index contributed by atoms with van der Waals surface area (Å²) < 4.78 is 0. The Bertz CT molecular complexity index is 886. The zero-order valence-corrected chi connectivity index (χ0v) is 13.7. The second-order valence-electron chi connectivity index (χ2n) is 5.37. The van der Waals surface area contributed by atoms with Crippen LogP contribution in [0.3, 0.4) is 0 Å². The summed E-state index contributed by atoms with van der Waals surface area (Å²) in [4.78, 5) is 27.3. The van der Waals surface area contributed by atoms with E-state index < -0.39 is 11.9 Å². The maximum atomic E-state index is 12.5. The largest absolute Gasteiger partial charge is 0.478 e. The molecule has 0 saturated carbocycles. The van der Waals surface area contributed by atoms with Crippen molar-refractivity contribution in [1.82, 2.24) is 4.98 Å². The van der Waals surface area contributed by atoms with Crippen LogP contribution in [0.15, 0.2) is 36.7 Å². The van der Waals surface area contributed by atoms with Gasteiger partial charge >= 0.3 is 5.97 Å². The molecule has 0 fully saturated rings. The Morgan fingerprint density at radius 1 is 1.28 bits per heavy atom. The monoisotopic (exact) mass is 336 g/mol. The van der Waals surface area contributed by atoms with Crippen LogP contribution in [0.2, 0.25) is 0 Å². The van der Waals surface area contributed by atoms with Crippen LogP contribution in [-0.4, -0.2) is 22.0 Å². The zero-order chi connectivity index (χ0) is 18.6. The fourth-order valence-corrected chi connectivity index (χ4v) is 2.50. The fraction of sp³-hybridized carbons (Fsp3) is 0.111. The van der Waals surface area contributed by atoms with E-state index in [0.717, 1.165) is 17.3 Å². The average molecular weight is 336 g/mol. The number of hydrogen-bond donors (Lipinski definition) is 3. The Kier molecular flexibility index (Phi) is 5.15. The number of benzene rings is 1. The molecule has 0 radical (unpaired) electrons. The number of aryl methyl sites for hydroxylation is 2. The highest BCUT2D eigenvalue weighted by atomic mass is 16.4. The third-order valence-corrected chi connectivity index (χ3v) is 3.59. The van der Waals surface area contributed by atoms with Gasteiger partial charge in [-0.2, -0.15) is 5.26 Å². The second-order valence-corrected chi connectivity index (χ2v) is 5.37. The Morgan fingerprint density at radius 3 is 2.36 bits per heavy atom. The van der Waals surface area contributed by atoms with E-state index in [1.807, 2.05) is 0 Å². The van der Waals surface area contributed by atoms with Gasteiger partial charge in [-0.05, 0) is 54.8 Å². The molecule has 0 saturated heterocycles. The molecule has 126 valence electrons. The number of rotatable bonds is 4. The number of anilines is 1. The molecule has 0 aliphatic heterocycles. The molecule has 0 spiro atoms. The predicted octanol–water partition coefficient (Wildman–Crippen LogP) is 2.21. The SMILES string of the molecule is Cc1cc(C#N)cc(C)c1C(=CN)C(=O)Nc1ccc(C(=O)O)cn1. The number of nitrogens with one attached hydrogen (secondary N) is 1. The first kappa shape index (κ1) is 17.7. The molecule has 25 heavy (non-hydrogen) atoms. The molecule has 0 unspecified atom stereocenters. The van der Waals surface area contributed by atoms with Gasteiger partial charge in [0.25, 0.3) is 5.91 Å². The number of nitrogens with two attached hydrogens (primary N) is 1. The summed E-state index contributed by atoms with van der Waals surface area (Å²) in [6.45, 7) is 3.58. The highest BCUT2D eigenvalue weighted by Gasteiger charge is 2.17. The van der Waals surface area contributed by atoms with Gasteiger partial charge in [0.15, 0.2) is 0 Å². The van der Waals surface area contributed by atoms with Crippen molar-refractivity contribution in [2.75, 3.05) is 5.32 Å². The van der Waals surface area contributed by atoms with Crippen LogP contribution in [0.5, 0.6) is 0 Å². The minimum atomic E-state index is -1.10. The maximum absolute atomic E-state index is 12.5. The summed E-state index contributed by atoms with van der Waals surface area (Å²) in [6.07, 6.45) is 2.35. The molecule has 4 N–H and O–H groups in total. The van der Waals surface area contributed by atoms with Crippen molar-refractivity contribution in [2.45, 2.75) is 13.8 Å². The minimum Gasteiger partial charge on any atom is -0.478 e. The number of nitrogens with zero attached hydrogens (tertiary/aromatic N) is 2. The van der Waals surface area contributed by atoms with Crippen LogP contribution >= 0.6 is 0 Å². The van der Waals surface area contributed by atoms with Gasteiger partial charge < -0.3 is 16.2 Å². The van der Waals surface area contributed by atoms with Crippen molar-refractivity contribution < 1.29 is 14.7 Å². The number of aromatic carboxylic acids is 1. The summed E-state index contributed by atoms with van der Waals surface area (Å²) in [7, 11) is 0. The van der Waals surface area contributed by atoms with E-state index in [9.17, 15) is 9.59 Å². The lowest BCUT2D eigenvalue weighted by Gasteiger charge is -2.14. The lowest BCUT2D eigenvalue weighted by molar-refractivity contribution is -0.111. The summed E-state index contributed by atoms with van der Waals surface area (Å²) in [6, 6.07) is 8.17. The number of hydrogen-bond acceptors (Lipinski definition) is 5. The first-order valence-corrected chi connectivity index (χ1v) is 7.31. The topological polar surface area (TPSA) is 129 Å². The molecule has 0 atom stereocenters. The van der Waals surface area contributed by atoms with E-state index in [0.29, 0.717) is 11.1 Å². The summed E-state index contributed by atoms with van der Waals surface area (Å²) in [5, 5.41) is 20.5. The van der Waals surface area contributed by atoms with Crippen LogP contribution in [0, 0.1) is 25.2 Å². The number of nitriles is 1. The van der Waals surface area contributed by atoms with Gasteiger partial charge in [-0.3, -0.25) is 4.79 Å². The third kappa shape index (κ3) is 3.82. The molecule has 1 aromatic heterocycles. The van der Waals surface area contributed by atoms with Crippen LogP contribution in [-0.2, 0) is 4.79 Å². The van der Waals surface area contributed by atoms with Gasteiger partial charge in [0, 0.05) is 12.4 Å². The number of carbonyl (C=O) groups excluding carboxylic acids is 1. The molecule has 2 rings (SSSR count). The highest BCUT2D eigenvalue weighted by Crippen LogP contribution is 2.25. The first-order valence-electron chi connectivity index (χ1n) is 7.31. The van der Waals surface area contributed by atoms with Crippen LogP contribution in [0.4, 0.5) is 5.82 Å². The predicted molar refractivity (Wildman–Crippen MR) is 92.6 cm³/mol. The van der Waals surface area contributed by atoms with Gasteiger partial charge in [0.05, 0.1) is 22.8 Å². The summed E-state index contributed by atoms with van der Waals surface area (Å²) in [5.74, 6) is -1.37. The molecule has 0 bridgehead atoms. The molecule has 7 heteroatoms. The van der Waals surface area contributed by atoms with Crippen LogP contribution in [0.1, 0.15) is 32.6 Å². The van der Waals surface area contributed by atoms with E-state index in [4.69, 9.17) is 16.1 Å². The van der Waals surface area contributed by atoms with Crippen molar-refractivity contribution in [1.29, 1.82) is 5.26 Å². The van der Waals surface area contributed by atoms with Gasteiger partial charge in [0.2, 0.25) is 0 Å². The van der Waals surface area contributed by atoms with Gasteiger partial charge in [0.1, 0.15) is 5.82 Å². The quantitative estimate of drug-likeness (QED) is 0.734. The van der Waals surface area contributed by atoms with Crippen molar-refractivity contribution in [3.8, 4) is 6.07 Å². The number of amides is 1. The number of aromatic nitrogens is 1. The zero-order valence-electron chi connectivity index (χ0n) is 13.7. The molecule has 1 aromatic carbocycles. The lowest BCUT2D eigenvalue weighted by Crippen LogP contribution is -2.17. The molecular weight excluding hydrogens is 320 g/mol. The van der Waals surface area contributed by atoms with Gasteiger partial charge in [-0.1, -0.05) is 0 Å². The van der Waals surface area contributed by atoms with Crippen molar-refractivity contribution in [2.24, 2.45) is 5.73 Å². The molecule has 0 aliphatic rings. The minimum absolute atomic E-state index is 0.0198. The Morgan fingerprint density at radius 2 is 1.92 bits per heavy atom. The standard InChI is InChI=1S/C18H16N4O3/c1-10-5-12(7-19)6-11(2)16(10)14(8-20)17(23)22-15-4-3-13(9-21-15)18(24)25/h3-6,8-9H,20H2,1-2H3,(H,24,25)(H,21,22,23). The average Bonchev–Trinajstić information content (AvgIpc) is 2.58. The van der Waals surface area contributed by atoms with Crippen LogP contribution in [0.25, 0.3) is 5.57 Å². The molecule has 0 aliphatic carbocycles. The number of pyridine rings is 1. The van der Waals surface area contributed by atoms with Gasteiger partial charge in [-0.15, -0.1) is 0 Å². The van der Waals surface area contributed by atoms with E-state index in [1.165, 1.54) is 18.3 Å². The third-order valence-electron chi connectivity index (χ3n) is 3.59.